The van der Waals surface area contributed by atoms with E-state index in [1.54, 1.807) is 0 Å². The van der Waals surface area contributed by atoms with E-state index in [9.17, 15) is 0 Å². The Bertz CT molecular complexity index is 219. The molecular weight excluding hydrogens is 200 g/mol. The number of hydrazone groups is 2. The van der Waals surface area contributed by atoms with Gasteiger partial charge >= 0.3 is 0 Å². The third-order valence-electron chi connectivity index (χ3n) is 3.22. The quantitative estimate of drug-likeness (QED) is 0.490. The highest BCUT2D eigenvalue weighted by molar-refractivity contribution is 6.42. The van der Waals surface area contributed by atoms with Gasteiger partial charge in [0.15, 0.2) is 0 Å². The van der Waals surface area contributed by atoms with Crippen molar-refractivity contribution in [2.24, 2.45) is 21.9 Å². The van der Waals surface area contributed by atoms with E-state index in [0.717, 1.165) is 37.1 Å². The highest BCUT2D eigenvalue weighted by Crippen LogP contribution is 2.14. The molecule has 0 saturated heterocycles. The average molecular weight is 224 g/mol. The van der Waals surface area contributed by atoms with Gasteiger partial charge in [0.25, 0.3) is 0 Å². The zero-order valence-electron chi connectivity index (χ0n) is 10.1. The first-order chi connectivity index (χ1) is 7.88. The smallest absolute Gasteiger partial charge is 0.0832 e. The molecule has 1 aliphatic rings. The summed E-state index contributed by atoms with van der Waals surface area (Å²) in [6.45, 7) is 0. The molecule has 0 aromatic rings. The Morgan fingerprint density at radius 1 is 0.562 bits per heavy atom. The van der Waals surface area contributed by atoms with Gasteiger partial charge in [0, 0.05) is 0 Å². The first kappa shape index (κ1) is 13.0. The summed E-state index contributed by atoms with van der Waals surface area (Å²) >= 11 is 0. The fraction of sp³-hybridized carbons (Fsp3) is 0.833. The highest BCUT2D eigenvalue weighted by atomic mass is 15.2. The molecule has 0 unspecified atom stereocenters. The molecule has 0 bridgehead atoms. The van der Waals surface area contributed by atoms with Crippen molar-refractivity contribution in [1.29, 1.82) is 0 Å². The van der Waals surface area contributed by atoms with Gasteiger partial charge in [-0.05, 0) is 25.7 Å². The number of nitrogens with two attached hydrogens (primary N) is 2. The molecule has 1 saturated carbocycles. The number of rotatable bonds is 0. The summed E-state index contributed by atoms with van der Waals surface area (Å²) in [5.74, 6) is 10.8. The van der Waals surface area contributed by atoms with Crippen LogP contribution >= 0.6 is 0 Å². The molecular formula is C12H24N4. The molecule has 4 heteroatoms. The Labute approximate surface area is 98.2 Å². The second-order valence-electron chi connectivity index (χ2n) is 4.48. The van der Waals surface area contributed by atoms with Crippen LogP contribution in [0.2, 0.25) is 0 Å². The molecule has 1 fully saturated rings. The van der Waals surface area contributed by atoms with E-state index >= 15 is 0 Å². The van der Waals surface area contributed by atoms with Gasteiger partial charge in [-0.3, -0.25) is 0 Å². The van der Waals surface area contributed by atoms with Crippen molar-refractivity contribution < 1.29 is 0 Å². The van der Waals surface area contributed by atoms with Crippen LogP contribution in [0.3, 0.4) is 0 Å². The molecule has 0 radical (unpaired) electrons. The molecule has 0 amide bonds. The van der Waals surface area contributed by atoms with Gasteiger partial charge in [0.05, 0.1) is 11.4 Å². The van der Waals surface area contributed by atoms with Crippen LogP contribution in [0.1, 0.15) is 64.2 Å². The van der Waals surface area contributed by atoms with Crippen molar-refractivity contribution in [1.82, 2.24) is 0 Å². The summed E-state index contributed by atoms with van der Waals surface area (Å²) < 4.78 is 0. The largest absolute Gasteiger partial charge is 0.323 e. The Morgan fingerprint density at radius 2 is 0.875 bits per heavy atom. The van der Waals surface area contributed by atoms with Gasteiger partial charge < -0.3 is 11.7 Å². The molecule has 0 atom stereocenters. The SMILES string of the molecule is NN=C1CCCCCCCCCCC1=NN. The minimum absolute atomic E-state index is 0.906. The maximum absolute atomic E-state index is 5.40. The second kappa shape index (κ2) is 8.13. The van der Waals surface area contributed by atoms with Gasteiger partial charge in [0.1, 0.15) is 0 Å². The lowest BCUT2D eigenvalue weighted by atomic mass is 9.98. The Morgan fingerprint density at radius 3 is 1.19 bits per heavy atom. The zero-order chi connectivity index (χ0) is 11.6. The fourth-order valence-electron chi connectivity index (χ4n) is 2.21. The van der Waals surface area contributed by atoms with Crippen LogP contribution in [-0.2, 0) is 0 Å². The molecule has 1 aliphatic carbocycles. The molecule has 0 spiro atoms. The van der Waals surface area contributed by atoms with E-state index in [1.807, 2.05) is 0 Å². The minimum Gasteiger partial charge on any atom is -0.323 e. The molecule has 4 nitrogen and oxygen atoms in total. The molecule has 0 heterocycles. The summed E-state index contributed by atoms with van der Waals surface area (Å²) in [5, 5.41) is 7.67. The predicted molar refractivity (Wildman–Crippen MR) is 69.4 cm³/mol. The van der Waals surface area contributed by atoms with Crippen LogP contribution in [0, 0.1) is 0 Å². The number of hydrogen-bond acceptors (Lipinski definition) is 4. The topological polar surface area (TPSA) is 76.8 Å². The van der Waals surface area contributed by atoms with Gasteiger partial charge in [-0.15, -0.1) is 0 Å². The monoisotopic (exact) mass is 224 g/mol. The molecule has 4 N–H and O–H groups in total. The summed E-state index contributed by atoms with van der Waals surface area (Å²) in [6.07, 6.45) is 12.1. The van der Waals surface area contributed by atoms with E-state index in [4.69, 9.17) is 11.7 Å². The van der Waals surface area contributed by atoms with E-state index in [-0.39, 0.29) is 0 Å². The molecule has 0 aromatic carbocycles. The lowest BCUT2D eigenvalue weighted by Crippen LogP contribution is -2.18. The summed E-state index contributed by atoms with van der Waals surface area (Å²) in [7, 11) is 0. The summed E-state index contributed by atoms with van der Waals surface area (Å²) in [4.78, 5) is 0. The van der Waals surface area contributed by atoms with Crippen molar-refractivity contribution in [3.05, 3.63) is 0 Å². The molecule has 92 valence electrons. The molecule has 16 heavy (non-hydrogen) atoms. The maximum Gasteiger partial charge on any atom is 0.0832 e. The molecule has 0 aromatic heterocycles. The van der Waals surface area contributed by atoms with Crippen LogP contribution in [0.15, 0.2) is 10.2 Å². The van der Waals surface area contributed by atoms with Gasteiger partial charge in [-0.25, -0.2) is 0 Å². The molecule has 0 aliphatic heterocycles. The summed E-state index contributed by atoms with van der Waals surface area (Å²) in [6, 6.07) is 0. The highest BCUT2D eigenvalue weighted by Gasteiger charge is 2.09. The van der Waals surface area contributed by atoms with Crippen LogP contribution in [-0.4, -0.2) is 11.4 Å². The third kappa shape index (κ3) is 4.64. The number of hydrogen-bond donors (Lipinski definition) is 2. The van der Waals surface area contributed by atoms with Crippen molar-refractivity contribution >= 4 is 11.4 Å². The van der Waals surface area contributed by atoms with Crippen LogP contribution in [0.25, 0.3) is 0 Å². The van der Waals surface area contributed by atoms with Crippen LogP contribution in [0.5, 0.6) is 0 Å². The van der Waals surface area contributed by atoms with E-state index in [1.165, 1.54) is 38.5 Å². The average Bonchev–Trinajstić information content (AvgIpc) is 2.30. The zero-order valence-corrected chi connectivity index (χ0v) is 10.1. The van der Waals surface area contributed by atoms with Gasteiger partial charge in [-0.2, -0.15) is 10.2 Å². The standard InChI is InChI=1S/C12H24N4/c13-15-11-9-7-5-3-1-2-4-6-8-10-12(11)16-14/h1-10,13-14H2. The van der Waals surface area contributed by atoms with Gasteiger partial charge in [0.2, 0.25) is 0 Å². The Kier molecular flexibility index (Phi) is 6.61. The first-order valence-electron chi connectivity index (χ1n) is 6.42. The van der Waals surface area contributed by atoms with Crippen molar-refractivity contribution in [3.8, 4) is 0 Å². The van der Waals surface area contributed by atoms with Crippen molar-refractivity contribution in [3.63, 3.8) is 0 Å². The van der Waals surface area contributed by atoms with E-state index < -0.39 is 0 Å². The van der Waals surface area contributed by atoms with Crippen LogP contribution < -0.4 is 11.7 Å². The third-order valence-corrected chi connectivity index (χ3v) is 3.22. The lowest BCUT2D eigenvalue weighted by Gasteiger charge is -2.10. The predicted octanol–water partition coefficient (Wildman–Crippen LogP) is 2.53. The van der Waals surface area contributed by atoms with E-state index in [0.29, 0.717) is 0 Å². The maximum atomic E-state index is 5.40. The normalized spacial score (nSPS) is 26.2. The van der Waals surface area contributed by atoms with Gasteiger partial charge in [-0.1, -0.05) is 38.5 Å². The Hall–Kier alpha value is -1.06. The second-order valence-corrected chi connectivity index (χ2v) is 4.48. The number of nitrogens with zero attached hydrogens (tertiary/aromatic N) is 2. The molecule has 1 rings (SSSR count). The Balaban J connectivity index is 2.53. The minimum atomic E-state index is 0.906. The van der Waals surface area contributed by atoms with Crippen molar-refractivity contribution in [2.45, 2.75) is 64.2 Å². The van der Waals surface area contributed by atoms with Crippen LogP contribution in [0.4, 0.5) is 0 Å². The van der Waals surface area contributed by atoms with Crippen molar-refractivity contribution in [2.75, 3.05) is 0 Å². The van der Waals surface area contributed by atoms with E-state index in [2.05, 4.69) is 10.2 Å². The lowest BCUT2D eigenvalue weighted by molar-refractivity contribution is 0.573. The summed E-state index contributed by atoms with van der Waals surface area (Å²) in [5.41, 5.74) is 1.81. The first-order valence-corrected chi connectivity index (χ1v) is 6.42. The fourth-order valence-corrected chi connectivity index (χ4v) is 2.21.